The van der Waals surface area contributed by atoms with Crippen molar-refractivity contribution in [2.45, 2.75) is 78.3 Å². The van der Waals surface area contributed by atoms with Crippen LogP contribution in [0.1, 0.15) is 81.8 Å². The van der Waals surface area contributed by atoms with Crippen LogP contribution in [-0.4, -0.2) is 65.2 Å². The summed E-state index contributed by atoms with van der Waals surface area (Å²) in [5.74, 6) is -3.08. The first-order chi connectivity index (χ1) is 27.0. The van der Waals surface area contributed by atoms with Crippen LogP contribution in [0.15, 0.2) is 84.9 Å². The Morgan fingerprint density at radius 1 is 0.614 bits per heavy atom. The van der Waals surface area contributed by atoms with Crippen molar-refractivity contribution in [2.24, 2.45) is 5.73 Å². The molecule has 0 atom stereocenters. The zero-order chi connectivity index (χ0) is 41.9. The van der Waals surface area contributed by atoms with E-state index in [1.807, 2.05) is 48.5 Å². The molecule has 13 heteroatoms. The molecule has 0 bridgehead atoms. The zero-order valence-corrected chi connectivity index (χ0v) is 32.9. The molecule has 57 heavy (non-hydrogen) atoms. The number of ether oxygens (including phenoxy) is 4. The second kappa shape index (κ2) is 19.0. The van der Waals surface area contributed by atoms with Crippen LogP contribution in [0.2, 0.25) is 0 Å². The highest BCUT2D eigenvalue weighted by Gasteiger charge is 2.47. The lowest BCUT2D eigenvalue weighted by atomic mass is 9.94. The van der Waals surface area contributed by atoms with Gasteiger partial charge in [-0.3, -0.25) is 19.2 Å². The van der Waals surface area contributed by atoms with Crippen LogP contribution in [-0.2, 0) is 54.3 Å². The summed E-state index contributed by atoms with van der Waals surface area (Å²) in [5.41, 5.74) is 9.84. The maximum Gasteiger partial charge on any atom is 0.339 e. The van der Waals surface area contributed by atoms with Crippen LogP contribution in [0.4, 0.5) is 0 Å². The monoisotopic (exact) mass is 780 g/mol. The first-order valence-corrected chi connectivity index (χ1v) is 18.4. The maximum atomic E-state index is 13.1. The van der Waals surface area contributed by atoms with Crippen LogP contribution >= 0.6 is 0 Å². The Bertz CT molecular complexity index is 2110. The predicted molar refractivity (Wildman–Crippen MR) is 210 cm³/mol. The fraction of sp³-hybridized carbons (Fsp3) is 0.318. The lowest BCUT2D eigenvalue weighted by Crippen LogP contribution is -2.56. The quantitative estimate of drug-likeness (QED) is 0.144. The van der Waals surface area contributed by atoms with E-state index < -0.39 is 40.9 Å². The van der Waals surface area contributed by atoms with E-state index in [1.165, 1.54) is 19.9 Å². The van der Waals surface area contributed by atoms with E-state index in [-0.39, 0.29) is 35.2 Å². The van der Waals surface area contributed by atoms with E-state index in [0.717, 1.165) is 22.3 Å². The van der Waals surface area contributed by atoms with Crippen molar-refractivity contribution >= 4 is 35.8 Å². The number of hydrogen-bond acceptors (Lipinski definition) is 11. The van der Waals surface area contributed by atoms with E-state index in [9.17, 15) is 28.8 Å². The number of amides is 1. The highest BCUT2D eigenvalue weighted by Crippen LogP contribution is 2.33. The number of rotatable bonds is 9. The topological polar surface area (TPSA) is 198 Å². The van der Waals surface area contributed by atoms with E-state index >= 15 is 0 Å². The van der Waals surface area contributed by atoms with Gasteiger partial charge < -0.3 is 35.1 Å². The largest absolute Gasteiger partial charge is 0.478 e. The predicted octanol–water partition coefficient (Wildman–Crippen LogP) is 5.42. The van der Waals surface area contributed by atoms with Crippen molar-refractivity contribution in [3.63, 3.8) is 0 Å². The molecular formula is C44H48N2O11. The molecule has 0 aromatic heterocycles. The zero-order valence-electron chi connectivity index (χ0n) is 32.9. The van der Waals surface area contributed by atoms with Crippen molar-refractivity contribution in [3.8, 4) is 11.5 Å². The molecule has 0 aliphatic heterocycles. The van der Waals surface area contributed by atoms with Crippen molar-refractivity contribution in [1.29, 1.82) is 0 Å². The highest BCUT2D eigenvalue weighted by molar-refractivity contribution is 6.01. The molecule has 1 amide bonds. The summed E-state index contributed by atoms with van der Waals surface area (Å²) in [4.78, 5) is 70.6. The van der Waals surface area contributed by atoms with Gasteiger partial charge in [-0.2, -0.15) is 0 Å². The molecule has 4 aromatic rings. The molecule has 0 unspecified atom stereocenters. The molecular weight excluding hydrogens is 732 g/mol. The number of fused-ring (bicyclic) bond motifs is 2. The molecule has 0 fully saturated rings. The molecule has 2 aliphatic rings. The lowest BCUT2D eigenvalue weighted by Gasteiger charge is -2.28. The second-order valence-electron chi connectivity index (χ2n) is 13.8. The Labute approximate surface area is 331 Å². The van der Waals surface area contributed by atoms with Crippen molar-refractivity contribution in [2.75, 3.05) is 13.2 Å². The lowest BCUT2D eigenvalue weighted by molar-refractivity contribution is -0.150. The minimum absolute atomic E-state index is 0.000185. The molecule has 6 rings (SSSR count). The SMILES string of the molecule is CC(=O)Oc1c(C)cccc1C(=O)O.CCOC(=O)C1(N)Cc2ccccc2C1.CCOC(=O)C1(NC(=O)c2cccc(C)c2OC(C)=O)Cc2ccccc2C1. The van der Waals surface area contributed by atoms with E-state index in [0.29, 0.717) is 43.4 Å². The third kappa shape index (κ3) is 10.7. The summed E-state index contributed by atoms with van der Waals surface area (Å²) in [5, 5.41) is 11.7. The van der Waals surface area contributed by atoms with Gasteiger partial charge >= 0.3 is 29.8 Å². The van der Waals surface area contributed by atoms with Gasteiger partial charge in [-0.1, -0.05) is 72.8 Å². The molecule has 4 N–H and O–H groups in total. The standard InChI is InChI=1S/C22H23NO5.C12H15NO2.C10H10O4/c1-4-27-21(26)22(12-16-9-5-6-10-17(16)13-22)23-20(25)18-11-7-8-14(2)19(18)28-15(3)24;1-2-15-11(14)12(13)7-9-5-3-4-6-10(9)8-12;1-6-4-3-5-8(10(12)13)9(6)14-7(2)11/h5-11H,4,12-13H2,1-3H3,(H,23,25);3-6H,2,7-8,13H2,1H3;3-5H,1-2H3,(H,12,13). The highest BCUT2D eigenvalue weighted by atomic mass is 16.5. The summed E-state index contributed by atoms with van der Waals surface area (Å²) in [6, 6.07) is 25.4. The Morgan fingerprint density at radius 3 is 1.44 bits per heavy atom. The number of carbonyl (C=O) groups is 6. The van der Waals surface area contributed by atoms with E-state index in [2.05, 4.69) is 5.32 Å². The van der Waals surface area contributed by atoms with Crippen LogP contribution in [0, 0.1) is 13.8 Å². The number of carbonyl (C=O) groups excluding carboxylic acids is 5. The molecule has 0 saturated heterocycles. The maximum absolute atomic E-state index is 13.1. The molecule has 300 valence electrons. The van der Waals surface area contributed by atoms with Gasteiger partial charge in [-0.15, -0.1) is 0 Å². The van der Waals surface area contributed by atoms with Crippen molar-refractivity contribution < 1.29 is 52.8 Å². The number of carboxylic acid groups (broad SMARTS) is 1. The number of hydrogen-bond donors (Lipinski definition) is 3. The molecule has 0 radical (unpaired) electrons. The third-order valence-electron chi connectivity index (χ3n) is 9.32. The fourth-order valence-electron chi connectivity index (χ4n) is 6.73. The molecule has 0 spiro atoms. The average molecular weight is 781 g/mol. The number of nitrogens with one attached hydrogen (secondary N) is 1. The number of benzene rings is 4. The molecule has 0 saturated carbocycles. The van der Waals surface area contributed by atoms with Gasteiger partial charge in [0, 0.05) is 39.5 Å². The van der Waals surface area contributed by atoms with Gasteiger partial charge in [0.25, 0.3) is 5.91 Å². The first-order valence-electron chi connectivity index (χ1n) is 18.4. The minimum atomic E-state index is -1.19. The minimum Gasteiger partial charge on any atom is -0.478 e. The Balaban J connectivity index is 0.000000209. The third-order valence-corrected chi connectivity index (χ3v) is 9.32. The number of carboxylic acids is 1. The van der Waals surface area contributed by atoms with Crippen molar-refractivity contribution in [1.82, 2.24) is 5.32 Å². The van der Waals surface area contributed by atoms with Crippen LogP contribution in [0.25, 0.3) is 0 Å². The van der Waals surface area contributed by atoms with E-state index in [1.54, 1.807) is 58.0 Å². The number of esters is 4. The first kappa shape index (κ1) is 43.4. The Kier molecular flexibility index (Phi) is 14.5. The number of aryl methyl sites for hydroxylation is 2. The number of aromatic carboxylic acids is 1. The van der Waals surface area contributed by atoms with E-state index in [4.69, 9.17) is 29.8 Å². The van der Waals surface area contributed by atoms with Crippen LogP contribution in [0.3, 0.4) is 0 Å². The van der Waals surface area contributed by atoms with Crippen LogP contribution < -0.4 is 20.5 Å². The second-order valence-corrected chi connectivity index (χ2v) is 13.8. The summed E-state index contributed by atoms with van der Waals surface area (Å²) < 4.78 is 20.3. The number of para-hydroxylation sites is 2. The summed E-state index contributed by atoms with van der Waals surface area (Å²) in [6.07, 6.45) is 1.87. The molecule has 2 aliphatic carbocycles. The average Bonchev–Trinajstić information content (AvgIpc) is 3.72. The van der Waals surface area contributed by atoms with Crippen molar-refractivity contribution in [3.05, 3.63) is 129 Å². The van der Waals surface area contributed by atoms with Gasteiger partial charge in [0.1, 0.15) is 28.1 Å². The van der Waals surface area contributed by atoms with Gasteiger partial charge in [0.15, 0.2) is 0 Å². The molecule has 13 nitrogen and oxygen atoms in total. The number of nitrogens with two attached hydrogens (primary N) is 1. The molecule has 4 aromatic carbocycles. The summed E-state index contributed by atoms with van der Waals surface area (Å²) in [6.45, 7) is 10.1. The smallest absolute Gasteiger partial charge is 0.339 e. The van der Waals surface area contributed by atoms with Gasteiger partial charge in [0.2, 0.25) is 0 Å². The molecule has 0 heterocycles. The normalized spacial score (nSPS) is 13.8. The van der Waals surface area contributed by atoms with Gasteiger partial charge in [0.05, 0.1) is 18.8 Å². The Morgan fingerprint density at radius 2 is 1.02 bits per heavy atom. The Hall–Kier alpha value is -6.34. The van der Waals surface area contributed by atoms with Gasteiger partial charge in [-0.25, -0.2) is 9.59 Å². The fourth-order valence-corrected chi connectivity index (χ4v) is 6.73. The van der Waals surface area contributed by atoms with Gasteiger partial charge in [-0.05, 0) is 73.2 Å². The van der Waals surface area contributed by atoms with Crippen LogP contribution in [0.5, 0.6) is 11.5 Å². The summed E-state index contributed by atoms with van der Waals surface area (Å²) >= 11 is 0. The summed E-state index contributed by atoms with van der Waals surface area (Å²) in [7, 11) is 0.